The van der Waals surface area contributed by atoms with Gasteiger partial charge in [-0.3, -0.25) is 9.10 Å². The minimum Gasteiger partial charge on any atom is -0.354 e. The lowest BCUT2D eigenvalue weighted by atomic mass is 10.0. The van der Waals surface area contributed by atoms with Gasteiger partial charge in [-0.05, 0) is 67.1 Å². The molecule has 0 atom stereocenters. The molecule has 3 aromatic rings. The number of hydrogen-bond donors (Lipinski definition) is 1. The number of carbonyl (C=O) groups is 1. The van der Waals surface area contributed by atoms with E-state index in [2.05, 4.69) is 26.3 Å². The van der Waals surface area contributed by atoms with E-state index < -0.39 is 19.1 Å². The smallest absolute Gasteiger partial charge is 0.270 e. The molecule has 1 aliphatic carbocycles. The van der Waals surface area contributed by atoms with Crippen molar-refractivity contribution in [1.82, 2.24) is 15.1 Å². The molecule has 35 heavy (non-hydrogen) atoms. The number of nitrogens with one attached hydrogen (secondary N) is 1. The largest absolute Gasteiger partial charge is 0.354 e. The Labute approximate surface area is 217 Å². The number of carbonyl (C=O) groups excluding carboxylic acids is 1. The molecule has 0 saturated heterocycles. The molecule has 0 aliphatic heterocycles. The van der Waals surface area contributed by atoms with Gasteiger partial charge in [0.1, 0.15) is 5.69 Å². The number of hydrogen-bond acceptors (Lipinski definition) is 6. The van der Waals surface area contributed by atoms with Gasteiger partial charge in [0.05, 0.1) is 28.9 Å². The van der Waals surface area contributed by atoms with E-state index in [9.17, 15) is 21.6 Å². The second kappa shape index (κ2) is 9.72. The van der Waals surface area contributed by atoms with Crippen LogP contribution in [0.2, 0.25) is 0 Å². The Hall–Kier alpha value is -2.15. The van der Waals surface area contributed by atoms with Gasteiger partial charge in [-0.1, -0.05) is 15.9 Å². The van der Waals surface area contributed by atoms with Crippen molar-refractivity contribution in [3.63, 3.8) is 0 Å². The molecule has 1 aromatic heterocycles. The molecular formula is C22H24BrClN4O5S2. The summed E-state index contributed by atoms with van der Waals surface area (Å²) in [6.07, 6.45) is 2.90. The van der Waals surface area contributed by atoms with Crippen molar-refractivity contribution >= 4 is 68.2 Å². The molecule has 1 amide bonds. The van der Waals surface area contributed by atoms with Gasteiger partial charge in [-0.2, -0.15) is 5.10 Å². The summed E-state index contributed by atoms with van der Waals surface area (Å²) in [4.78, 5) is 12.9. The number of benzene rings is 2. The van der Waals surface area contributed by atoms with Gasteiger partial charge in [-0.15, -0.1) is 0 Å². The SMILES string of the molecule is CNC(=O)c1c2cc(C3CC3)c(N(CCCS(=O)(=O)Cl)S(C)(=O)=O)cc2nn1-c1ccc(Br)cc1. The number of fused-ring (bicyclic) bond motifs is 1. The van der Waals surface area contributed by atoms with Crippen LogP contribution in [0.4, 0.5) is 5.69 Å². The highest BCUT2D eigenvalue weighted by Crippen LogP contribution is 2.46. The normalized spacial score (nSPS) is 14.3. The molecule has 0 unspecified atom stereocenters. The van der Waals surface area contributed by atoms with Crippen LogP contribution in [-0.4, -0.2) is 58.1 Å². The van der Waals surface area contributed by atoms with Crippen molar-refractivity contribution in [2.75, 3.05) is 29.9 Å². The first-order chi connectivity index (χ1) is 16.4. The summed E-state index contributed by atoms with van der Waals surface area (Å²) in [5, 5.41) is 7.92. The zero-order chi connectivity index (χ0) is 25.5. The van der Waals surface area contributed by atoms with Crippen LogP contribution in [0.25, 0.3) is 16.6 Å². The van der Waals surface area contributed by atoms with Gasteiger partial charge in [0, 0.05) is 34.1 Å². The molecule has 1 fully saturated rings. The minimum absolute atomic E-state index is 0.0396. The molecule has 1 heterocycles. The van der Waals surface area contributed by atoms with E-state index >= 15 is 0 Å². The first-order valence-electron chi connectivity index (χ1n) is 10.8. The lowest BCUT2D eigenvalue weighted by Gasteiger charge is -2.25. The highest BCUT2D eigenvalue weighted by molar-refractivity contribution is 9.10. The van der Waals surface area contributed by atoms with Gasteiger partial charge in [0.25, 0.3) is 5.91 Å². The van der Waals surface area contributed by atoms with Crippen LogP contribution in [0.1, 0.15) is 41.2 Å². The fraction of sp³-hybridized carbons (Fsp3) is 0.364. The highest BCUT2D eigenvalue weighted by Gasteiger charge is 2.32. The lowest BCUT2D eigenvalue weighted by Crippen LogP contribution is -2.32. The monoisotopic (exact) mass is 602 g/mol. The van der Waals surface area contributed by atoms with Crippen molar-refractivity contribution in [2.45, 2.75) is 25.2 Å². The molecule has 0 bridgehead atoms. The van der Waals surface area contributed by atoms with Gasteiger partial charge in [-0.25, -0.2) is 21.5 Å². The predicted octanol–water partition coefficient (Wildman–Crippen LogP) is 3.75. The fourth-order valence-electron chi connectivity index (χ4n) is 4.03. The van der Waals surface area contributed by atoms with Crippen molar-refractivity contribution in [1.29, 1.82) is 0 Å². The average Bonchev–Trinajstić information content (AvgIpc) is 3.55. The van der Waals surface area contributed by atoms with Crippen LogP contribution in [0.15, 0.2) is 40.9 Å². The van der Waals surface area contributed by atoms with Gasteiger partial charge < -0.3 is 5.32 Å². The maximum atomic E-state index is 12.9. The molecule has 13 heteroatoms. The van der Waals surface area contributed by atoms with E-state index in [-0.39, 0.29) is 30.5 Å². The van der Waals surface area contributed by atoms with Crippen molar-refractivity contribution in [2.24, 2.45) is 0 Å². The summed E-state index contributed by atoms with van der Waals surface area (Å²) in [6.45, 7) is -0.0499. The van der Waals surface area contributed by atoms with Crippen LogP contribution < -0.4 is 9.62 Å². The quantitative estimate of drug-likeness (QED) is 0.372. The number of aromatic nitrogens is 2. The van der Waals surface area contributed by atoms with E-state index in [1.54, 1.807) is 17.8 Å². The van der Waals surface area contributed by atoms with Gasteiger partial charge >= 0.3 is 0 Å². The van der Waals surface area contributed by atoms with Crippen LogP contribution >= 0.6 is 26.6 Å². The molecule has 9 nitrogen and oxygen atoms in total. The molecule has 1 aliphatic rings. The third kappa shape index (κ3) is 5.82. The van der Waals surface area contributed by atoms with E-state index in [0.717, 1.165) is 29.1 Å². The summed E-state index contributed by atoms with van der Waals surface area (Å²) in [6, 6.07) is 10.8. The van der Waals surface area contributed by atoms with E-state index in [4.69, 9.17) is 10.7 Å². The maximum absolute atomic E-state index is 12.9. The Balaban J connectivity index is 1.90. The molecule has 2 aromatic carbocycles. The Morgan fingerprint density at radius 1 is 1.20 bits per heavy atom. The number of nitrogens with zero attached hydrogens (tertiary/aromatic N) is 3. The number of anilines is 1. The first-order valence-corrected chi connectivity index (χ1v) is 16.0. The maximum Gasteiger partial charge on any atom is 0.270 e. The second-order valence-electron chi connectivity index (χ2n) is 8.45. The number of halogens is 2. The van der Waals surface area contributed by atoms with Crippen molar-refractivity contribution < 1.29 is 21.6 Å². The Bertz CT molecular complexity index is 1500. The van der Waals surface area contributed by atoms with E-state index in [0.29, 0.717) is 28.0 Å². The summed E-state index contributed by atoms with van der Waals surface area (Å²) >= 11 is 3.41. The molecular weight excluding hydrogens is 580 g/mol. The van der Waals surface area contributed by atoms with Crippen molar-refractivity contribution in [3.05, 3.63) is 52.1 Å². The summed E-state index contributed by atoms with van der Waals surface area (Å²) in [5.41, 5.74) is 2.70. The van der Waals surface area contributed by atoms with Crippen LogP contribution in [0, 0.1) is 0 Å². The third-order valence-corrected chi connectivity index (χ3v) is 8.72. The third-order valence-electron chi connectivity index (χ3n) is 5.77. The number of sulfonamides is 1. The Kier molecular flexibility index (Phi) is 7.20. The molecule has 1 saturated carbocycles. The fourth-order valence-corrected chi connectivity index (χ4v) is 6.07. The van der Waals surface area contributed by atoms with Gasteiger partial charge in [0.2, 0.25) is 19.1 Å². The predicted molar refractivity (Wildman–Crippen MR) is 141 cm³/mol. The van der Waals surface area contributed by atoms with Crippen LogP contribution in [0.5, 0.6) is 0 Å². The molecule has 4 rings (SSSR count). The van der Waals surface area contributed by atoms with Crippen molar-refractivity contribution in [3.8, 4) is 5.69 Å². The zero-order valence-electron chi connectivity index (χ0n) is 19.0. The van der Waals surface area contributed by atoms with E-state index in [1.807, 2.05) is 30.3 Å². The van der Waals surface area contributed by atoms with Crippen LogP contribution in [0.3, 0.4) is 0 Å². The lowest BCUT2D eigenvalue weighted by molar-refractivity contribution is 0.0957. The highest BCUT2D eigenvalue weighted by atomic mass is 79.9. The average molecular weight is 604 g/mol. The second-order valence-corrected chi connectivity index (χ2v) is 14.2. The topological polar surface area (TPSA) is 118 Å². The number of amides is 1. The minimum atomic E-state index is -3.76. The molecule has 0 spiro atoms. The number of rotatable bonds is 9. The molecule has 188 valence electrons. The standard InChI is InChI=1S/C22H24BrClN4O5S2/c1-25-22(29)21-18-12-17(14-4-5-14)20(27(34(2,30)31)10-3-11-35(24,32)33)13-19(18)26-28(21)16-8-6-15(23)7-9-16/h6-9,12-14H,3-5,10-11H2,1-2H3,(H,25,29). The summed E-state index contributed by atoms with van der Waals surface area (Å²) in [5.74, 6) is -0.526. The molecule has 1 N–H and O–H groups in total. The Morgan fingerprint density at radius 2 is 1.86 bits per heavy atom. The summed E-state index contributed by atoms with van der Waals surface area (Å²) < 4.78 is 51.9. The van der Waals surface area contributed by atoms with E-state index in [1.165, 1.54) is 4.31 Å². The van der Waals surface area contributed by atoms with Crippen LogP contribution in [-0.2, 0) is 19.1 Å². The molecule has 0 radical (unpaired) electrons. The van der Waals surface area contributed by atoms with Gasteiger partial charge in [0.15, 0.2) is 0 Å². The Morgan fingerprint density at radius 3 is 2.40 bits per heavy atom. The zero-order valence-corrected chi connectivity index (χ0v) is 23.0. The summed E-state index contributed by atoms with van der Waals surface area (Å²) in [7, 11) is -0.625. The first kappa shape index (κ1) is 25.9.